The van der Waals surface area contributed by atoms with Crippen LogP contribution in [0.1, 0.15) is 81.2 Å². The number of nitriles is 2. The number of hydrogen-bond donors (Lipinski definition) is 0. The smallest absolute Gasteiger partial charge is 0.344 e. The van der Waals surface area contributed by atoms with Crippen LogP contribution in [0.25, 0.3) is 0 Å². The van der Waals surface area contributed by atoms with E-state index in [4.69, 9.17) is 33.2 Å². The predicted octanol–water partition coefficient (Wildman–Crippen LogP) is 9.18. The van der Waals surface area contributed by atoms with Crippen molar-refractivity contribution in [2.24, 2.45) is 11.8 Å². The number of nitrogens with zero attached hydrogens (tertiary/aromatic N) is 4. The molecule has 4 rings (SSSR count). The molecule has 0 radical (unpaired) electrons. The van der Waals surface area contributed by atoms with Crippen LogP contribution in [0.5, 0.6) is 34.5 Å². The molecule has 3 atom stereocenters. The molecule has 3 unspecified atom stereocenters. The monoisotopic (exact) mass is 977 g/mol. The molecule has 0 aliphatic carbocycles. The first-order valence-electron chi connectivity index (χ1n) is 24.5. The lowest BCUT2D eigenvalue weighted by molar-refractivity contribution is -0.145. The van der Waals surface area contributed by atoms with E-state index in [1.54, 1.807) is 35.4 Å². The van der Waals surface area contributed by atoms with Crippen molar-refractivity contribution >= 4 is 11.9 Å². The van der Waals surface area contributed by atoms with Crippen LogP contribution in [-0.4, -0.2) is 117 Å². The highest BCUT2D eigenvalue weighted by atomic mass is 16.6. The SMILES string of the molecule is CCOC(=O)COc1ccc(CCN(C)CCCC(C#N)(c2ccc(OC)c(OC)c2)C(C)Cc2cc(C(C#N)(CCCN(C)CCc3ccc(OCC(=O)OC)cc3)C(C)C)cc(OC)c2OC)cc1. The third-order valence-electron chi connectivity index (χ3n) is 13.6. The number of carbonyl (C=O) groups is 2. The Balaban J connectivity index is 1.54. The summed E-state index contributed by atoms with van der Waals surface area (Å²) >= 11 is 0. The molecule has 0 amide bonds. The number of hydrogen-bond acceptors (Lipinski definition) is 14. The maximum absolute atomic E-state index is 11.7. The molecule has 0 fully saturated rings. The van der Waals surface area contributed by atoms with Crippen LogP contribution in [-0.2, 0) is 49.2 Å². The average Bonchev–Trinajstić information content (AvgIpc) is 3.38. The number of methoxy groups -OCH3 is 5. The van der Waals surface area contributed by atoms with Crippen LogP contribution < -0.4 is 28.4 Å². The van der Waals surface area contributed by atoms with Gasteiger partial charge in [-0.2, -0.15) is 10.5 Å². The zero-order valence-corrected chi connectivity index (χ0v) is 43.9. The number of carbonyl (C=O) groups excluding carboxylic acids is 2. The summed E-state index contributed by atoms with van der Waals surface area (Å²) in [5.41, 5.74) is 3.06. The van der Waals surface area contributed by atoms with Crippen molar-refractivity contribution < 1.29 is 47.5 Å². The van der Waals surface area contributed by atoms with Crippen LogP contribution in [0.3, 0.4) is 0 Å². The van der Waals surface area contributed by atoms with Crippen molar-refractivity contribution in [1.29, 1.82) is 10.5 Å². The summed E-state index contributed by atoms with van der Waals surface area (Å²) in [7, 11) is 12.0. The van der Waals surface area contributed by atoms with Crippen molar-refractivity contribution in [2.45, 2.75) is 83.5 Å². The van der Waals surface area contributed by atoms with Gasteiger partial charge < -0.3 is 47.7 Å². The fraction of sp³-hybridized carbons (Fsp3) is 0.509. The first-order chi connectivity index (χ1) is 34.1. The van der Waals surface area contributed by atoms with E-state index < -0.39 is 22.8 Å². The molecule has 0 aromatic heterocycles. The number of benzene rings is 4. The fourth-order valence-electron chi connectivity index (χ4n) is 9.16. The topological polar surface area (TPSA) is 162 Å². The maximum Gasteiger partial charge on any atom is 0.344 e. The fourth-order valence-corrected chi connectivity index (χ4v) is 9.16. The van der Waals surface area contributed by atoms with Gasteiger partial charge in [0.05, 0.1) is 65.1 Å². The van der Waals surface area contributed by atoms with Gasteiger partial charge in [-0.1, -0.05) is 57.2 Å². The van der Waals surface area contributed by atoms with Crippen molar-refractivity contribution in [2.75, 3.05) is 95.6 Å². The molecule has 0 heterocycles. The van der Waals surface area contributed by atoms with Gasteiger partial charge >= 0.3 is 11.9 Å². The lowest BCUT2D eigenvalue weighted by atomic mass is 9.66. The van der Waals surface area contributed by atoms with Gasteiger partial charge in [0.15, 0.2) is 36.2 Å². The van der Waals surface area contributed by atoms with Crippen molar-refractivity contribution in [3.8, 4) is 46.6 Å². The van der Waals surface area contributed by atoms with E-state index in [-0.39, 0.29) is 25.0 Å². The molecule has 0 aliphatic heterocycles. The molecule has 0 N–H and O–H groups in total. The predicted molar refractivity (Wildman–Crippen MR) is 275 cm³/mol. The first-order valence-corrected chi connectivity index (χ1v) is 24.5. The Hall–Kier alpha value is -6.48. The molecule has 14 nitrogen and oxygen atoms in total. The lowest BCUT2D eigenvalue weighted by Crippen LogP contribution is -2.35. The standard InChI is InChI=1S/C57H76N4O10/c1-12-69-54(63)38-71-49-22-17-44(18-23-49)26-32-61(6)30-14-28-57(40-59,46-19-24-50(64-7)51(35-46)65-8)42(4)33-45-34-47(36-52(66-9)55(45)68-11)56(39-58,41(2)3)27-13-29-60(5)31-25-43-15-20-48(21-16-43)70-37-53(62)67-10/h15-24,34-36,41-42H,12-14,25-33,37-38H2,1-11H3. The van der Waals surface area contributed by atoms with E-state index in [0.29, 0.717) is 60.4 Å². The Bertz CT molecular complexity index is 2380. The quantitative estimate of drug-likeness (QED) is 0.0439. The normalized spacial score (nSPS) is 13.3. The zero-order chi connectivity index (χ0) is 52.0. The van der Waals surface area contributed by atoms with Gasteiger partial charge in [0, 0.05) is 13.1 Å². The van der Waals surface area contributed by atoms with Crippen molar-refractivity contribution in [3.63, 3.8) is 0 Å². The number of likely N-dealkylation sites (N-methyl/N-ethyl adjacent to an activating group) is 2. The minimum Gasteiger partial charge on any atom is -0.493 e. The Kier molecular flexibility index (Phi) is 22.8. The minimum absolute atomic E-state index is 0.0285. The highest BCUT2D eigenvalue weighted by Gasteiger charge is 2.41. The maximum atomic E-state index is 11.7. The molecule has 0 bridgehead atoms. The number of esters is 2. The van der Waals surface area contributed by atoms with Crippen molar-refractivity contribution in [3.05, 3.63) is 107 Å². The van der Waals surface area contributed by atoms with Gasteiger partial charge in [0.2, 0.25) is 0 Å². The van der Waals surface area contributed by atoms with E-state index in [9.17, 15) is 20.1 Å². The third-order valence-corrected chi connectivity index (χ3v) is 13.6. The number of ether oxygens (including phenoxy) is 8. The summed E-state index contributed by atoms with van der Waals surface area (Å²) in [5.74, 6) is 2.38. The molecule has 4 aromatic rings. The second-order valence-corrected chi connectivity index (χ2v) is 18.4. The largest absolute Gasteiger partial charge is 0.493 e. The summed E-state index contributed by atoms with van der Waals surface area (Å²) in [5, 5.41) is 22.6. The first kappa shape index (κ1) is 57.1. The van der Waals surface area contributed by atoms with Gasteiger partial charge in [0.25, 0.3) is 0 Å². The molecule has 0 aliphatic rings. The van der Waals surface area contributed by atoms with Gasteiger partial charge in [-0.3, -0.25) is 0 Å². The van der Waals surface area contributed by atoms with Crippen LogP contribution in [0.15, 0.2) is 78.9 Å². The average molecular weight is 977 g/mol. The molecule has 384 valence electrons. The number of rotatable bonds is 31. The zero-order valence-electron chi connectivity index (χ0n) is 43.9. The van der Waals surface area contributed by atoms with Gasteiger partial charge in [-0.25, -0.2) is 9.59 Å². The highest BCUT2D eigenvalue weighted by Crippen LogP contribution is 2.46. The summed E-state index contributed by atoms with van der Waals surface area (Å²) in [6.45, 7) is 11.3. The second-order valence-electron chi connectivity index (χ2n) is 18.4. The summed E-state index contributed by atoms with van der Waals surface area (Å²) in [4.78, 5) is 27.7. The highest BCUT2D eigenvalue weighted by molar-refractivity contribution is 5.71. The molecule has 0 saturated carbocycles. The van der Waals surface area contributed by atoms with E-state index in [1.165, 1.54) is 7.11 Å². The van der Waals surface area contributed by atoms with Gasteiger partial charge in [0.1, 0.15) is 11.5 Å². The van der Waals surface area contributed by atoms with E-state index in [2.05, 4.69) is 67.6 Å². The molecular weight excluding hydrogens is 901 g/mol. The molecule has 0 spiro atoms. The van der Waals surface area contributed by atoms with Crippen LogP contribution in [0.4, 0.5) is 0 Å². The van der Waals surface area contributed by atoms with E-state index in [1.807, 2.05) is 72.8 Å². The second kappa shape index (κ2) is 28.4. The Labute approximate surface area is 422 Å². The summed E-state index contributed by atoms with van der Waals surface area (Å²) in [6, 6.07) is 30.9. The Morgan fingerprint density at radius 1 is 0.606 bits per heavy atom. The molecule has 4 aromatic carbocycles. The van der Waals surface area contributed by atoms with Crippen LogP contribution in [0, 0.1) is 34.5 Å². The molecule has 14 heteroatoms. The van der Waals surface area contributed by atoms with Crippen molar-refractivity contribution in [1.82, 2.24) is 9.80 Å². The van der Waals surface area contributed by atoms with Crippen LogP contribution in [0.2, 0.25) is 0 Å². The van der Waals surface area contributed by atoms with Gasteiger partial charge in [-0.15, -0.1) is 0 Å². The minimum atomic E-state index is -0.955. The third kappa shape index (κ3) is 15.8. The Morgan fingerprint density at radius 3 is 1.58 bits per heavy atom. The molecule has 71 heavy (non-hydrogen) atoms. The van der Waals surface area contributed by atoms with Crippen LogP contribution >= 0.6 is 0 Å². The van der Waals surface area contributed by atoms with E-state index in [0.717, 1.165) is 79.7 Å². The molecule has 0 saturated heterocycles. The Morgan fingerprint density at radius 2 is 1.11 bits per heavy atom. The van der Waals surface area contributed by atoms with E-state index >= 15 is 0 Å². The molecular formula is C57H76N4O10. The van der Waals surface area contributed by atoms with Gasteiger partial charge in [-0.05, 0) is 161 Å². The summed E-state index contributed by atoms with van der Waals surface area (Å²) in [6.07, 6.45) is 4.82. The lowest BCUT2D eigenvalue weighted by Gasteiger charge is -2.36. The summed E-state index contributed by atoms with van der Waals surface area (Å²) < 4.78 is 44.1.